The average molecular weight is 416 g/mol. The third-order valence-electron chi connectivity index (χ3n) is 7.18. The number of fused-ring (bicyclic) bond motifs is 1. The Balaban J connectivity index is 1.73. The number of benzene rings is 1. The molecule has 4 nitrogen and oxygen atoms in total. The van der Waals surface area contributed by atoms with Crippen LogP contribution in [0.5, 0.6) is 0 Å². The van der Waals surface area contributed by atoms with Crippen LogP contribution in [0.3, 0.4) is 0 Å². The van der Waals surface area contributed by atoms with Gasteiger partial charge < -0.3 is 9.16 Å². The minimum atomic E-state index is -1.78. The summed E-state index contributed by atoms with van der Waals surface area (Å²) in [4.78, 5) is 14.2. The number of rotatable bonds is 7. The van der Waals surface area contributed by atoms with E-state index in [-0.39, 0.29) is 11.0 Å². The Morgan fingerprint density at radius 1 is 1.24 bits per heavy atom. The van der Waals surface area contributed by atoms with E-state index in [4.69, 9.17) is 9.16 Å². The van der Waals surface area contributed by atoms with E-state index < -0.39 is 8.32 Å². The summed E-state index contributed by atoms with van der Waals surface area (Å²) in [6.45, 7) is 14.6. The molecule has 3 rings (SSSR count). The summed E-state index contributed by atoms with van der Waals surface area (Å²) in [6.07, 6.45) is 4.02. The molecule has 4 atom stereocenters. The van der Waals surface area contributed by atoms with E-state index in [1.165, 1.54) is 12.7 Å². The lowest BCUT2D eigenvalue weighted by molar-refractivity contribution is -0.192. The fraction of sp³-hybridized carbons (Fsp3) is 0.625. The molecule has 0 N–H and O–H groups in total. The molecule has 1 aliphatic heterocycles. The van der Waals surface area contributed by atoms with Crippen molar-refractivity contribution in [3.63, 3.8) is 0 Å². The topological polar surface area (TPSA) is 38.8 Å². The van der Waals surface area contributed by atoms with Crippen LogP contribution in [0.25, 0.3) is 0 Å². The molecule has 0 bridgehead atoms. The van der Waals surface area contributed by atoms with Crippen molar-refractivity contribution in [2.24, 2.45) is 5.92 Å². The molecule has 1 aliphatic carbocycles. The molecule has 2 fully saturated rings. The van der Waals surface area contributed by atoms with Crippen molar-refractivity contribution < 1.29 is 14.0 Å². The summed E-state index contributed by atoms with van der Waals surface area (Å²) in [7, 11) is -0.344. The van der Waals surface area contributed by atoms with Crippen molar-refractivity contribution in [3.8, 4) is 0 Å². The number of carbonyl (C=O) groups excluding carboxylic acids is 1. The smallest absolute Gasteiger partial charge is 0.330 e. The van der Waals surface area contributed by atoms with Crippen LogP contribution in [-0.4, -0.2) is 44.5 Å². The summed E-state index contributed by atoms with van der Waals surface area (Å²) in [5.41, 5.74) is 2.43. The molecule has 1 saturated heterocycles. The van der Waals surface area contributed by atoms with Crippen LogP contribution in [0, 0.1) is 5.92 Å². The van der Waals surface area contributed by atoms with Gasteiger partial charge in [0.25, 0.3) is 0 Å². The number of esters is 1. The SMILES string of the molecule is COC(=O)/C=C(\C)CC1C2CC(O[Si](C)(C)C(C)(C)C)C2N1Cc1ccccc1. The van der Waals surface area contributed by atoms with Crippen molar-refractivity contribution in [2.45, 2.75) is 83.4 Å². The van der Waals surface area contributed by atoms with Gasteiger partial charge in [-0.3, -0.25) is 4.90 Å². The first-order chi connectivity index (χ1) is 13.5. The van der Waals surface area contributed by atoms with Gasteiger partial charge in [0.15, 0.2) is 8.32 Å². The van der Waals surface area contributed by atoms with Gasteiger partial charge in [0, 0.05) is 24.7 Å². The molecule has 29 heavy (non-hydrogen) atoms. The van der Waals surface area contributed by atoms with E-state index in [2.05, 4.69) is 69.1 Å². The second-order valence-corrected chi connectivity index (χ2v) is 15.0. The van der Waals surface area contributed by atoms with E-state index in [0.717, 1.165) is 25.0 Å². The van der Waals surface area contributed by atoms with Crippen molar-refractivity contribution in [1.29, 1.82) is 0 Å². The number of nitrogens with zero attached hydrogens (tertiary/aromatic N) is 1. The normalized spacial score (nSPS) is 27.6. The predicted octanol–water partition coefficient (Wildman–Crippen LogP) is 5.16. The Hall–Kier alpha value is -1.43. The first-order valence-corrected chi connectivity index (χ1v) is 13.7. The summed E-state index contributed by atoms with van der Waals surface area (Å²) >= 11 is 0. The molecule has 0 radical (unpaired) electrons. The number of hydrogen-bond donors (Lipinski definition) is 0. The largest absolute Gasteiger partial charge is 0.466 e. The zero-order valence-electron chi connectivity index (χ0n) is 19.1. The van der Waals surface area contributed by atoms with Crippen molar-refractivity contribution in [1.82, 2.24) is 4.90 Å². The summed E-state index contributed by atoms with van der Waals surface area (Å²) in [5.74, 6) is 0.398. The Morgan fingerprint density at radius 3 is 2.48 bits per heavy atom. The standard InChI is InChI=1S/C24H37NO3Si/c1-17(14-22(26)27-5)13-20-19-15-21(28-29(6,7)24(2,3)4)23(19)25(20)16-18-11-9-8-10-12-18/h8-12,14,19-21,23H,13,15-16H2,1-7H3/b17-14+. The maximum atomic E-state index is 11.6. The zero-order valence-corrected chi connectivity index (χ0v) is 20.1. The fourth-order valence-corrected chi connectivity index (χ4v) is 5.79. The summed E-state index contributed by atoms with van der Waals surface area (Å²) in [5, 5.41) is 0.228. The van der Waals surface area contributed by atoms with Crippen LogP contribution in [-0.2, 0) is 20.5 Å². The van der Waals surface area contributed by atoms with Crippen molar-refractivity contribution in [3.05, 3.63) is 47.5 Å². The maximum absolute atomic E-state index is 11.6. The molecule has 1 aromatic rings. The van der Waals surface area contributed by atoms with Gasteiger partial charge in [-0.1, -0.05) is 56.7 Å². The molecule has 1 heterocycles. The van der Waals surface area contributed by atoms with Gasteiger partial charge in [0.1, 0.15) is 0 Å². The highest BCUT2D eigenvalue weighted by Gasteiger charge is 2.60. The van der Waals surface area contributed by atoms with Crippen LogP contribution in [0.15, 0.2) is 42.0 Å². The number of methoxy groups -OCH3 is 1. The Morgan fingerprint density at radius 2 is 1.90 bits per heavy atom. The highest BCUT2D eigenvalue weighted by atomic mass is 28.4. The van der Waals surface area contributed by atoms with Crippen LogP contribution >= 0.6 is 0 Å². The summed E-state index contributed by atoms with van der Waals surface area (Å²) < 4.78 is 11.6. The van der Waals surface area contributed by atoms with E-state index in [0.29, 0.717) is 24.1 Å². The van der Waals surface area contributed by atoms with Gasteiger partial charge in [-0.2, -0.15) is 0 Å². The number of piperidine rings is 1. The number of likely N-dealkylation sites (tertiary alicyclic amines) is 1. The number of hydrogen-bond acceptors (Lipinski definition) is 4. The average Bonchev–Trinajstić information content (AvgIpc) is 2.62. The predicted molar refractivity (Wildman–Crippen MR) is 120 cm³/mol. The molecule has 0 aromatic heterocycles. The third-order valence-corrected chi connectivity index (χ3v) is 11.7. The lowest BCUT2D eigenvalue weighted by atomic mass is 9.62. The van der Waals surface area contributed by atoms with Crippen LogP contribution < -0.4 is 0 Å². The molecule has 0 spiro atoms. The Bertz CT molecular complexity index is 753. The maximum Gasteiger partial charge on any atom is 0.330 e. The van der Waals surface area contributed by atoms with Gasteiger partial charge in [-0.25, -0.2) is 4.79 Å². The quantitative estimate of drug-likeness (QED) is 0.350. The molecular weight excluding hydrogens is 378 g/mol. The Labute approximate surface area is 177 Å². The van der Waals surface area contributed by atoms with E-state index in [1.54, 1.807) is 6.08 Å². The second-order valence-electron chi connectivity index (χ2n) is 10.3. The highest BCUT2D eigenvalue weighted by Crippen LogP contribution is 2.53. The third kappa shape index (κ3) is 4.67. The minimum absolute atomic E-state index is 0.228. The van der Waals surface area contributed by atoms with E-state index in [9.17, 15) is 4.79 Å². The first kappa shape index (κ1) is 22.3. The fourth-order valence-electron chi connectivity index (χ4n) is 4.44. The van der Waals surface area contributed by atoms with Gasteiger partial charge >= 0.3 is 5.97 Å². The molecule has 160 valence electrons. The molecule has 4 unspecified atom stereocenters. The molecule has 1 aromatic carbocycles. The highest BCUT2D eigenvalue weighted by molar-refractivity contribution is 6.74. The number of carbonyl (C=O) groups is 1. The molecule has 5 heteroatoms. The van der Waals surface area contributed by atoms with Gasteiger partial charge in [0.05, 0.1) is 13.2 Å². The first-order valence-electron chi connectivity index (χ1n) is 10.8. The lowest BCUT2D eigenvalue weighted by Crippen LogP contribution is -2.76. The van der Waals surface area contributed by atoms with Crippen LogP contribution in [0.4, 0.5) is 0 Å². The van der Waals surface area contributed by atoms with Gasteiger partial charge in [-0.05, 0) is 49.4 Å². The zero-order chi connectivity index (χ0) is 21.4. The molecule has 1 saturated carbocycles. The van der Waals surface area contributed by atoms with Crippen LogP contribution in [0.1, 0.15) is 46.1 Å². The minimum Gasteiger partial charge on any atom is -0.466 e. The monoisotopic (exact) mass is 415 g/mol. The van der Waals surface area contributed by atoms with Crippen molar-refractivity contribution in [2.75, 3.05) is 7.11 Å². The van der Waals surface area contributed by atoms with Crippen LogP contribution in [0.2, 0.25) is 18.1 Å². The molecule has 2 aliphatic rings. The Kier molecular flexibility index (Phi) is 6.42. The second kappa shape index (κ2) is 8.36. The summed E-state index contributed by atoms with van der Waals surface area (Å²) in [6, 6.07) is 11.6. The lowest BCUT2D eigenvalue weighted by Gasteiger charge is -2.67. The molecule has 0 amide bonds. The van der Waals surface area contributed by atoms with Gasteiger partial charge in [-0.15, -0.1) is 0 Å². The van der Waals surface area contributed by atoms with E-state index in [1.807, 2.05) is 6.92 Å². The van der Waals surface area contributed by atoms with Gasteiger partial charge in [0.2, 0.25) is 0 Å². The molecular formula is C24H37NO3Si. The van der Waals surface area contributed by atoms with E-state index >= 15 is 0 Å². The number of ether oxygens (including phenoxy) is 1. The van der Waals surface area contributed by atoms with Crippen molar-refractivity contribution >= 4 is 14.3 Å².